The maximum absolute atomic E-state index is 13.5. The summed E-state index contributed by atoms with van der Waals surface area (Å²) in [5.41, 5.74) is 1.59. The Hall–Kier alpha value is -3.21. The van der Waals surface area contributed by atoms with Crippen LogP contribution in [0.15, 0.2) is 18.2 Å². The fourth-order valence-corrected chi connectivity index (χ4v) is 4.26. The highest BCUT2D eigenvalue weighted by molar-refractivity contribution is 5.89. The molecule has 1 aliphatic rings. The zero-order valence-electron chi connectivity index (χ0n) is 18.3. The zero-order valence-corrected chi connectivity index (χ0v) is 18.3. The van der Waals surface area contributed by atoms with Gasteiger partial charge in [-0.1, -0.05) is 13.0 Å². The molecule has 1 atom stereocenters. The van der Waals surface area contributed by atoms with E-state index in [9.17, 15) is 19.6 Å². The molecule has 31 heavy (non-hydrogen) atoms. The van der Waals surface area contributed by atoms with Gasteiger partial charge >= 0.3 is 5.97 Å². The number of benzene rings is 1. The van der Waals surface area contributed by atoms with E-state index in [4.69, 9.17) is 0 Å². The molecule has 0 spiro atoms. The van der Waals surface area contributed by atoms with Gasteiger partial charge in [-0.15, -0.1) is 0 Å². The fraction of sp³-hybridized carbons (Fsp3) is 0.478. The van der Waals surface area contributed by atoms with Crippen LogP contribution in [0, 0.1) is 30.0 Å². The van der Waals surface area contributed by atoms with Crippen LogP contribution in [0.1, 0.15) is 66.8 Å². The number of nitrogens with zero attached hydrogens (tertiary/aromatic N) is 4. The Morgan fingerprint density at radius 2 is 1.97 bits per heavy atom. The van der Waals surface area contributed by atoms with Gasteiger partial charge in [0.25, 0.3) is 0 Å². The summed E-state index contributed by atoms with van der Waals surface area (Å²) in [6.07, 6.45) is 1.78. The monoisotopic (exact) mass is 425 g/mol. The van der Waals surface area contributed by atoms with E-state index in [0.29, 0.717) is 30.6 Å². The number of piperidine rings is 1. The molecule has 0 saturated carbocycles. The molecule has 1 saturated heterocycles. The minimum Gasteiger partial charge on any atom is -0.476 e. The van der Waals surface area contributed by atoms with Crippen molar-refractivity contribution >= 4 is 17.6 Å². The van der Waals surface area contributed by atoms with Crippen LogP contribution in [0.4, 0.5) is 16.0 Å². The average Bonchev–Trinajstić information content (AvgIpc) is 2.72. The molecule has 0 aliphatic carbocycles. The van der Waals surface area contributed by atoms with Gasteiger partial charge < -0.3 is 15.3 Å². The van der Waals surface area contributed by atoms with E-state index in [1.54, 1.807) is 6.07 Å². The Kier molecular flexibility index (Phi) is 6.74. The molecule has 8 heteroatoms. The summed E-state index contributed by atoms with van der Waals surface area (Å²) in [6.45, 7) is 9.40. The smallest absolute Gasteiger partial charge is 0.357 e. The van der Waals surface area contributed by atoms with Crippen molar-refractivity contribution in [1.29, 1.82) is 5.26 Å². The van der Waals surface area contributed by atoms with Crippen molar-refractivity contribution in [3.05, 3.63) is 46.5 Å². The Balaban J connectivity index is 1.83. The quantitative estimate of drug-likeness (QED) is 0.710. The molecule has 0 bridgehead atoms. The Labute approximate surface area is 181 Å². The normalized spacial score (nSPS) is 15.6. The number of carboxylic acids is 1. The molecule has 0 amide bonds. The van der Waals surface area contributed by atoms with E-state index >= 15 is 0 Å². The summed E-state index contributed by atoms with van der Waals surface area (Å²) in [7, 11) is 0. The number of halogens is 1. The first kappa shape index (κ1) is 22.5. The predicted molar refractivity (Wildman–Crippen MR) is 117 cm³/mol. The van der Waals surface area contributed by atoms with Crippen LogP contribution in [0.2, 0.25) is 0 Å². The number of aromatic nitrogens is 2. The van der Waals surface area contributed by atoms with Crippen molar-refractivity contribution in [1.82, 2.24) is 9.97 Å². The third kappa shape index (κ3) is 4.93. The lowest BCUT2D eigenvalue weighted by atomic mass is 9.80. The Bertz CT molecular complexity index is 1010. The van der Waals surface area contributed by atoms with Gasteiger partial charge in [-0.2, -0.15) is 5.26 Å². The molecule has 0 radical (unpaired) electrons. The summed E-state index contributed by atoms with van der Waals surface area (Å²) in [5, 5.41) is 21.9. The number of carbonyl (C=O) groups is 1. The highest BCUT2D eigenvalue weighted by Gasteiger charge is 2.29. The first-order valence-electron chi connectivity index (χ1n) is 10.5. The third-order valence-corrected chi connectivity index (χ3v) is 5.88. The number of nitrogens with one attached hydrogen (secondary N) is 1. The van der Waals surface area contributed by atoms with E-state index in [1.165, 1.54) is 6.07 Å². The number of anilines is 2. The molecule has 3 rings (SSSR count). The van der Waals surface area contributed by atoms with Crippen LogP contribution in [0.25, 0.3) is 0 Å². The van der Waals surface area contributed by atoms with Crippen molar-refractivity contribution in [3.63, 3.8) is 0 Å². The molecule has 1 aliphatic heterocycles. The number of rotatable bonds is 6. The van der Waals surface area contributed by atoms with Gasteiger partial charge in [-0.05, 0) is 68.7 Å². The molecule has 1 aromatic carbocycles. The van der Waals surface area contributed by atoms with Gasteiger partial charge in [0.05, 0.1) is 0 Å². The first-order valence-corrected chi connectivity index (χ1v) is 10.5. The van der Waals surface area contributed by atoms with Crippen LogP contribution in [-0.4, -0.2) is 40.2 Å². The predicted octanol–water partition coefficient (Wildman–Crippen LogP) is 4.33. The summed E-state index contributed by atoms with van der Waals surface area (Å²) in [6, 6.07) is 6.84. The van der Waals surface area contributed by atoms with Gasteiger partial charge in [0, 0.05) is 19.1 Å². The number of hydrogen-bond donors (Lipinski definition) is 2. The van der Waals surface area contributed by atoms with Crippen LogP contribution < -0.4 is 10.2 Å². The summed E-state index contributed by atoms with van der Waals surface area (Å²) in [4.78, 5) is 22.2. The lowest BCUT2D eigenvalue weighted by Gasteiger charge is -2.36. The topological polar surface area (TPSA) is 102 Å². The molecule has 1 aromatic heterocycles. The highest BCUT2D eigenvalue weighted by Crippen LogP contribution is 2.36. The maximum atomic E-state index is 13.5. The summed E-state index contributed by atoms with van der Waals surface area (Å²) in [5.74, 6) is 0.121. The molecule has 7 nitrogen and oxygen atoms in total. The van der Waals surface area contributed by atoms with Crippen LogP contribution in [-0.2, 0) is 0 Å². The van der Waals surface area contributed by atoms with Crippen molar-refractivity contribution in [2.75, 3.05) is 23.3 Å². The van der Waals surface area contributed by atoms with Gasteiger partial charge in [-0.25, -0.2) is 19.2 Å². The van der Waals surface area contributed by atoms with Crippen LogP contribution >= 0.6 is 0 Å². The Morgan fingerprint density at radius 3 is 2.52 bits per heavy atom. The van der Waals surface area contributed by atoms with Crippen molar-refractivity contribution in [2.45, 2.75) is 52.5 Å². The van der Waals surface area contributed by atoms with Gasteiger partial charge in [0.2, 0.25) is 0 Å². The fourth-order valence-electron chi connectivity index (χ4n) is 4.26. The van der Waals surface area contributed by atoms with Gasteiger partial charge in [0.1, 0.15) is 11.9 Å². The molecular formula is C23H28FN5O2. The van der Waals surface area contributed by atoms with Crippen molar-refractivity contribution in [3.8, 4) is 6.07 Å². The highest BCUT2D eigenvalue weighted by atomic mass is 19.1. The van der Waals surface area contributed by atoms with Crippen molar-refractivity contribution in [2.24, 2.45) is 5.92 Å². The molecule has 1 fully saturated rings. The number of aryl methyl sites for hydroxylation is 1. The third-order valence-electron chi connectivity index (χ3n) is 5.88. The molecular weight excluding hydrogens is 397 g/mol. The summed E-state index contributed by atoms with van der Waals surface area (Å²) < 4.78 is 13.5. The standard InChI is InChI=1S/C23H28FN5O2/c1-13(2)26-21-22(28-20(23(30)31)19(12-25)27-21)29-9-7-16(8-10-29)15(4)18-6-5-17(24)11-14(18)3/h5-6,11,13,15-16H,7-10H2,1-4H3,(H,26,27)(H,30,31)/t15-/m1/s1. The number of aromatic carboxylic acids is 1. The molecule has 2 heterocycles. The number of nitriles is 1. The van der Waals surface area contributed by atoms with E-state index in [2.05, 4.69) is 22.2 Å². The minimum atomic E-state index is -1.27. The molecule has 0 unspecified atom stereocenters. The molecule has 164 valence electrons. The first-order chi connectivity index (χ1) is 14.7. The second-order valence-electron chi connectivity index (χ2n) is 8.42. The molecule has 2 aromatic rings. The van der Waals surface area contributed by atoms with Gasteiger partial charge in [0.15, 0.2) is 23.0 Å². The summed E-state index contributed by atoms with van der Waals surface area (Å²) >= 11 is 0. The Morgan fingerprint density at radius 1 is 1.29 bits per heavy atom. The zero-order chi connectivity index (χ0) is 22.7. The van der Waals surface area contributed by atoms with Crippen molar-refractivity contribution < 1.29 is 14.3 Å². The van der Waals surface area contributed by atoms with E-state index in [0.717, 1.165) is 24.0 Å². The van der Waals surface area contributed by atoms with E-state index < -0.39 is 5.97 Å². The lowest BCUT2D eigenvalue weighted by Crippen LogP contribution is -2.37. The second-order valence-corrected chi connectivity index (χ2v) is 8.42. The van der Waals surface area contributed by atoms with Crippen LogP contribution in [0.3, 0.4) is 0 Å². The van der Waals surface area contributed by atoms with E-state index in [1.807, 2.05) is 37.8 Å². The average molecular weight is 426 g/mol. The maximum Gasteiger partial charge on any atom is 0.357 e. The lowest BCUT2D eigenvalue weighted by molar-refractivity contribution is 0.0689. The van der Waals surface area contributed by atoms with E-state index in [-0.39, 0.29) is 29.2 Å². The second kappa shape index (κ2) is 9.29. The van der Waals surface area contributed by atoms with Gasteiger partial charge in [-0.3, -0.25) is 0 Å². The van der Waals surface area contributed by atoms with Crippen LogP contribution in [0.5, 0.6) is 0 Å². The SMILES string of the molecule is Cc1cc(F)ccc1[C@H](C)C1CCN(c2nc(C(=O)O)c(C#N)nc2NC(C)C)CC1. The number of carboxylic acid groups (broad SMARTS) is 1. The molecule has 2 N–H and O–H groups in total. The minimum absolute atomic E-state index is 0.0503. The largest absolute Gasteiger partial charge is 0.476 e. The number of hydrogen-bond acceptors (Lipinski definition) is 6.